The highest BCUT2D eigenvalue weighted by Crippen LogP contribution is 2.44. The average Bonchev–Trinajstić information content (AvgIpc) is 3.58. The Balaban J connectivity index is 1.52. The van der Waals surface area contributed by atoms with Gasteiger partial charge in [0.15, 0.2) is 5.69 Å². The molecule has 1 aromatic heterocycles. The zero-order valence-corrected chi connectivity index (χ0v) is 24.6. The van der Waals surface area contributed by atoms with Gasteiger partial charge in [-0.25, -0.2) is 19.3 Å². The molecule has 12 heteroatoms. The topological polar surface area (TPSA) is 116 Å². The summed E-state index contributed by atoms with van der Waals surface area (Å²) >= 11 is 12.3. The average molecular weight is 610 g/mol. The molecule has 2 heterocycles. The number of hydrazone groups is 1. The van der Waals surface area contributed by atoms with E-state index in [1.165, 1.54) is 5.01 Å². The summed E-state index contributed by atoms with van der Waals surface area (Å²) in [4.78, 5) is 39.2. The SMILES string of the molecule is CCOC(=O)c1nnn(CC(=O)N2N=C3C(=Cc4ccc(Cl)cc4)CCCC3C2c2ccc(Cl)cc2)c1C(=O)OCC. The second-order valence-electron chi connectivity index (χ2n) is 9.83. The van der Waals surface area contributed by atoms with Gasteiger partial charge in [-0.15, -0.1) is 5.10 Å². The first kappa shape index (κ1) is 29.5. The molecule has 1 amide bonds. The molecule has 3 aromatic rings. The normalized spacial score (nSPS) is 18.9. The highest BCUT2D eigenvalue weighted by atomic mass is 35.5. The van der Waals surface area contributed by atoms with Crippen molar-refractivity contribution in [2.75, 3.05) is 13.2 Å². The quantitative estimate of drug-likeness (QED) is 0.298. The van der Waals surface area contributed by atoms with Crippen LogP contribution in [0.3, 0.4) is 0 Å². The van der Waals surface area contributed by atoms with E-state index in [-0.39, 0.29) is 30.5 Å². The molecule has 42 heavy (non-hydrogen) atoms. The number of benzene rings is 2. The Morgan fingerprint density at radius 2 is 1.60 bits per heavy atom. The third-order valence-corrected chi connectivity index (χ3v) is 7.64. The fourth-order valence-electron chi connectivity index (χ4n) is 5.32. The van der Waals surface area contributed by atoms with Gasteiger partial charge in [0.05, 0.1) is 25.0 Å². The maximum atomic E-state index is 14.0. The van der Waals surface area contributed by atoms with Gasteiger partial charge >= 0.3 is 11.9 Å². The Morgan fingerprint density at radius 1 is 0.952 bits per heavy atom. The molecule has 2 aliphatic rings. The molecule has 1 aliphatic carbocycles. The standard InChI is InChI=1S/C30H29Cl2N5O5/c1-3-41-29(39)26-28(30(40)42-4-2)36(35-33-26)17-24(38)37-27(19-10-14-22(32)15-11-19)23-7-5-6-20(25(23)34-37)16-18-8-12-21(31)13-9-18/h8-16,23,27H,3-7,17H2,1-2H3. The molecule has 0 N–H and O–H groups in total. The van der Waals surface area contributed by atoms with E-state index in [2.05, 4.69) is 16.4 Å². The van der Waals surface area contributed by atoms with E-state index in [9.17, 15) is 14.4 Å². The summed E-state index contributed by atoms with van der Waals surface area (Å²) in [5.74, 6) is -2.16. The van der Waals surface area contributed by atoms with E-state index < -0.39 is 30.4 Å². The van der Waals surface area contributed by atoms with Gasteiger partial charge in [-0.1, -0.05) is 52.7 Å². The van der Waals surface area contributed by atoms with Crippen LogP contribution in [0.2, 0.25) is 10.0 Å². The number of rotatable bonds is 8. The minimum atomic E-state index is -0.831. The molecular weight excluding hydrogens is 581 g/mol. The zero-order valence-electron chi connectivity index (χ0n) is 23.1. The fraction of sp³-hybridized carbons (Fsp3) is 0.333. The van der Waals surface area contributed by atoms with Crippen LogP contribution < -0.4 is 0 Å². The summed E-state index contributed by atoms with van der Waals surface area (Å²) < 4.78 is 11.2. The Bertz CT molecular complexity index is 1550. The van der Waals surface area contributed by atoms with Crippen LogP contribution in [-0.4, -0.2) is 56.8 Å². The predicted octanol–water partition coefficient (Wildman–Crippen LogP) is 5.76. The lowest BCUT2D eigenvalue weighted by atomic mass is 9.77. The molecule has 0 bridgehead atoms. The van der Waals surface area contributed by atoms with Crippen LogP contribution in [0.1, 0.15) is 71.3 Å². The summed E-state index contributed by atoms with van der Waals surface area (Å²) in [6.07, 6.45) is 4.65. The van der Waals surface area contributed by atoms with E-state index in [1.54, 1.807) is 26.0 Å². The van der Waals surface area contributed by atoms with Crippen LogP contribution in [0.5, 0.6) is 0 Å². The summed E-state index contributed by atoms with van der Waals surface area (Å²) in [6, 6.07) is 14.5. The lowest BCUT2D eigenvalue weighted by molar-refractivity contribution is -0.134. The number of amides is 1. The molecular formula is C30H29Cl2N5O5. The number of halogens is 2. The number of nitrogens with zero attached hydrogens (tertiary/aromatic N) is 5. The predicted molar refractivity (Wildman–Crippen MR) is 157 cm³/mol. The van der Waals surface area contributed by atoms with Crippen LogP contribution in [0.4, 0.5) is 0 Å². The molecule has 2 aromatic carbocycles. The van der Waals surface area contributed by atoms with Crippen LogP contribution in [-0.2, 0) is 20.8 Å². The highest BCUT2D eigenvalue weighted by Gasteiger charge is 2.44. The van der Waals surface area contributed by atoms with Gasteiger partial charge in [0.25, 0.3) is 5.91 Å². The first-order chi connectivity index (χ1) is 20.3. The van der Waals surface area contributed by atoms with Crippen molar-refractivity contribution >= 4 is 52.8 Å². The number of hydrogen-bond acceptors (Lipinski definition) is 8. The van der Waals surface area contributed by atoms with Gasteiger partial charge in [0.1, 0.15) is 6.54 Å². The number of ether oxygens (including phenoxy) is 2. The van der Waals surface area contributed by atoms with Crippen molar-refractivity contribution in [3.05, 3.63) is 86.7 Å². The number of aromatic nitrogens is 3. The largest absolute Gasteiger partial charge is 0.461 e. The van der Waals surface area contributed by atoms with Crippen LogP contribution in [0.25, 0.3) is 6.08 Å². The van der Waals surface area contributed by atoms with Gasteiger partial charge in [-0.2, -0.15) is 5.10 Å². The number of carbonyl (C=O) groups excluding carboxylic acids is 3. The Hall–Kier alpha value is -4.02. The van der Waals surface area contributed by atoms with Crippen molar-refractivity contribution in [1.29, 1.82) is 0 Å². The number of allylic oxidation sites excluding steroid dienone is 1. The van der Waals surface area contributed by atoms with Crippen molar-refractivity contribution in [3.8, 4) is 0 Å². The van der Waals surface area contributed by atoms with Gasteiger partial charge in [-0.05, 0) is 80.2 Å². The molecule has 0 radical (unpaired) electrons. The van der Waals surface area contributed by atoms with Crippen LogP contribution in [0.15, 0.2) is 59.2 Å². The van der Waals surface area contributed by atoms with Gasteiger partial charge in [0.2, 0.25) is 5.69 Å². The minimum absolute atomic E-state index is 0.0576. The number of hydrogen-bond donors (Lipinski definition) is 0. The summed E-state index contributed by atoms with van der Waals surface area (Å²) in [5, 5.41) is 15.3. The molecule has 2 atom stereocenters. The maximum absolute atomic E-state index is 14.0. The Morgan fingerprint density at radius 3 is 2.26 bits per heavy atom. The molecule has 0 spiro atoms. The maximum Gasteiger partial charge on any atom is 0.361 e. The monoisotopic (exact) mass is 609 g/mol. The first-order valence-corrected chi connectivity index (χ1v) is 14.5. The first-order valence-electron chi connectivity index (χ1n) is 13.7. The van der Waals surface area contributed by atoms with Crippen molar-refractivity contribution in [2.24, 2.45) is 11.0 Å². The summed E-state index contributed by atoms with van der Waals surface area (Å²) in [7, 11) is 0. The lowest BCUT2D eigenvalue weighted by Gasteiger charge is -2.29. The number of fused-ring (bicyclic) bond motifs is 1. The second-order valence-corrected chi connectivity index (χ2v) is 10.7. The zero-order chi connectivity index (χ0) is 29.8. The molecule has 0 saturated heterocycles. The fourth-order valence-corrected chi connectivity index (χ4v) is 5.58. The molecule has 10 nitrogen and oxygen atoms in total. The van der Waals surface area contributed by atoms with E-state index in [1.807, 2.05) is 36.4 Å². The van der Waals surface area contributed by atoms with E-state index in [0.717, 1.165) is 46.4 Å². The number of esters is 2. The number of carbonyl (C=O) groups is 3. The van der Waals surface area contributed by atoms with Gasteiger partial charge in [0, 0.05) is 16.0 Å². The van der Waals surface area contributed by atoms with Gasteiger partial charge in [-0.3, -0.25) is 4.79 Å². The molecule has 2 unspecified atom stereocenters. The smallest absolute Gasteiger partial charge is 0.361 e. The summed E-state index contributed by atoms with van der Waals surface area (Å²) in [6.45, 7) is 3.01. The molecule has 1 saturated carbocycles. The summed E-state index contributed by atoms with van der Waals surface area (Å²) in [5.41, 5.74) is 3.17. The Labute approximate surface area is 252 Å². The Kier molecular flexibility index (Phi) is 9.03. The lowest BCUT2D eigenvalue weighted by Crippen LogP contribution is -2.34. The second kappa shape index (κ2) is 12.9. The third kappa shape index (κ3) is 6.10. The minimum Gasteiger partial charge on any atom is -0.461 e. The van der Waals surface area contributed by atoms with E-state index >= 15 is 0 Å². The molecule has 218 valence electrons. The van der Waals surface area contributed by atoms with E-state index in [0.29, 0.717) is 10.0 Å². The van der Waals surface area contributed by atoms with Crippen LogP contribution >= 0.6 is 23.2 Å². The highest BCUT2D eigenvalue weighted by molar-refractivity contribution is 6.30. The van der Waals surface area contributed by atoms with Crippen molar-refractivity contribution in [3.63, 3.8) is 0 Å². The van der Waals surface area contributed by atoms with Gasteiger partial charge < -0.3 is 9.47 Å². The molecule has 1 aliphatic heterocycles. The van der Waals surface area contributed by atoms with E-state index in [4.69, 9.17) is 37.8 Å². The molecule has 1 fully saturated rings. The van der Waals surface area contributed by atoms with Crippen LogP contribution in [0, 0.1) is 5.92 Å². The van der Waals surface area contributed by atoms with Crippen molar-refractivity contribution in [1.82, 2.24) is 20.0 Å². The third-order valence-electron chi connectivity index (χ3n) is 7.14. The molecule has 5 rings (SSSR count). The van der Waals surface area contributed by atoms with Crippen molar-refractivity contribution in [2.45, 2.75) is 45.7 Å². The van der Waals surface area contributed by atoms with Crippen molar-refractivity contribution < 1.29 is 23.9 Å².